The zero-order chi connectivity index (χ0) is 14.0. The summed E-state index contributed by atoms with van der Waals surface area (Å²) in [6, 6.07) is 0.123. The molecule has 7 nitrogen and oxygen atoms in total. The first-order valence-corrected chi connectivity index (χ1v) is 6.31. The number of aromatic nitrogens is 5. The maximum Gasteiger partial charge on any atom is 0.0843 e. The van der Waals surface area contributed by atoms with E-state index in [0.29, 0.717) is 0 Å². The smallest absolute Gasteiger partial charge is 0.0843 e. The molecular formula is C12H21N7. The van der Waals surface area contributed by atoms with Crippen LogP contribution in [0.1, 0.15) is 22.6 Å². The molecule has 7 heteroatoms. The Bertz CT molecular complexity index is 554. The summed E-state index contributed by atoms with van der Waals surface area (Å²) in [5.74, 6) is 5.65. The van der Waals surface area contributed by atoms with Gasteiger partial charge in [-0.2, -0.15) is 5.10 Å². The molecule has 0 spiro atoms. The van der Waals surface area contributed by atoms with Gasteiger partial charge in [0.1, 0.15) is 0 Å². The van der Waals surface area contributed by atoms with Gasteiger partial charge in [-0.25, -0.2) is 0 Å². The highest BCUT2D eigenvalue weighted by molar-refractivity contribution is 5.25. The van der Waals surface area contributed by atoms with Crippen molar-refractivity contribution < 1.29 is 0 Å². The van der Waals surface area contributed by atoms with Crippen LogP contribution in [0.3, 0.4) is 0 Å². The molecule has 2 heterocycles. The highest BCUT2D eigenvalue weighted by atomic mass is 15.4. The lowest BCUT2D eigenvalue weighted by molar-refractivity contribution is 0.515. The van der Waals surface area contributed by atoms with Crippen molar-refractivity contribution >= 4 is 0 Å². The number of hydrazine groups is 1. The summed E-state index contributed by atoms with van der Waals surface area (Å²) < 4.78 is 3.60. The van der Waals surface area contributed by atoms with Crippen LogP contribution in [-0.4, -0.2) is 30.8 Å². The van der Waals surface area contributed by atoms with E-state index in [0.717, 1.165) is 24.2 Å². The van der Waals surface area contributed by atoms with Crippen LogP contribution in [0.15, 0.2) is 6.20 Å². The average molecular weight is 263 g/mol. The molecule has 0 aliphatic rings. The molecule has 0 aromatic carbocycles. The SMILES string of the molecule is Cc1nn(C)c(C)c1CC(Cc1cn(C)nn1)NN. The number of aryl methyl sites for hydroxylation is 3. The van der Waals surface area contributed by atoms with Gasteiger partial charge in [-0.05, 0) is 25.8 Å². The lowest BCUT2D eigenvalue weighted by atomic mass is 10.0. The van der Waals surface area contributed by atoms with Crippen molar-refractivity contribution in [2.75, 3.05) is 0 Å². The van der Waals surface area contributed by atoms with Crippen LogP contribution in [0.5, 0.6) is 0 Å². The normalized spacial score (nSPS) is 12.9. The molecule has 2 aromatic rings. The zero-order valence-electron chi connectivity index (χ0n) is 11.9. The number of nitrogens with two attached hydrogens (primary N) is 1. The van der Waals surface area contributed by atoms with Gasteiger partial charge in [0.2, 0.25) is 0 Å². The molecule has 1 unspecified atom stereocenters. The van der Waals surface area contributed by atoms with E-state index in [1.807, 2.05) is 31.9 Å². The molecule has 3 N–H and O–H groups in total. The highest BCUT2D eigenvalue weighted by Gasteiger charge is 2.16. The number of rotatable bonds is 5. The molecule has 104 valence electrons. The molecule has 19 heavy (non-hydrogen) atoms. The molecule has 0 aliphatic carbocycles. The van der Waals surface area contributed by atoms with E-state index < -0.39 is 0 Å². The number of hydrogen-bond acceptors (Lipinski definition) is 5. The predicted octanol–water partition coefficient (Wildman–Crippen LogP) is -0.217. The molecular weight excluding hydrogens is 242 g/mol. The van der Waals surface area contributed by atoms with Gasteiger partial charge in [0.15, 0.2) is 0 Å². The van der Waals surface area contributed by atoms with Crippen molar-refractivity contribution in [1.82, 2.24) is 30.2 Å². The molecule has 0 radical (unpaired) electrons. The van der Waals surface area contributed by atoms with Crippen LogP contribution in [0.2, 0.25) is 0 Å². The third-order valence-corrected chi connectivity index (χ3v) is 3.45. The summed E-state index contributed by atoms with van der Waals surface area (Å²) in [6.07, 6.45) is 3.49. The van der Waals surface area contributed by atoms with Crippen LogP contribution < -0.4 is 11.3 Å². The molecule has 0 bridgehead atoms. The van der Waals surface area contributed by atoms with Gasteiger partial charge >= 0.3 is 0 Å². The summed E-state index contributed by atoms with van der Waals surface area (Å²) in [5, 5.41) is 12.4. The van der Waals surface area contributed by atoms with Gasteiger partial charge in [0.25, 0.3) is 0 Å². The van der Waals surface area contributed by atoms with E-state index in [2.05, 4.69) is 27.8 Å². The average Bonchev–Trinajstić information content (AvgIpc) is 2.87. The van der Waals surface area contributed by atoms with Crippen molar-refractivity contribution in [2.45, 2.75) is 32.7 Å². The molecule has 2 aromatic heterocycles. The van der Waals surface area contributed by atoms with Crippen molar-refractivity contribution in [3.05, 3.63) is 28.8 Å². The predicted molar refractivity (Wildman–Crippen MR) is 72.2 cm³/mol. The van der Waals surface area contributed by atoms with Crippen LogP contribution in [0.25, 0.3) is 0 Å². The summed E-state index contributed by atoms with van der Waals surface area (Å²) in [6.45, 7) is 4.10. The summed E-state index contributed by atoms with van der Waals surface area (Å²) in [7, 11) is 3.82. The van der Waals surface area contributed by atoms with Crippen molar-refractivity contribution in [1.29, 1.82) is 0 Å². The van der Waals surface area contributed by atoms with Crippen molar-refractivity contribution in [2.24, 2.45) is 19.9 Å². The first kappa shape index (κ1) is 13.7. The first-order chi connectivity index (χ1) is 9.01. The third-order valence-electron chi connectivity index (χ3n) is 3.45. The Balaban J connectivity index is 2.10. The maximum atomic E-state index is 5.65. The Kier molecular flexibility index (Phi) is 3.96. The standard InChI is InChI=1S/C12H21N7/c1-8-12(9(2)19(4)16-8)6-10(14-13)5-11-7-18(3)17-15-11/h7,10,14H,5-6,13H2,1-4H3. The van der Waals surface area contributed by atoms with Gasteiger partial charge in [-0.3, -0.25) is 20.6 Å². The fourth-order valence-corrected chi connectivity index (χ4v) is 2.29. The Morgan fingerprint density at radius 3 is 2.53 bits per heavy atom. The molecule has 0 saturated carbocycles. The summed E-state index contributed by atoms with van der Waals surface area (Å²) in [5.41, 5.74) is 7.27. The van der Waals surface area contributed by atoms with Gasteiger partial charge in [-0.15, -0.1) is 5.10 Å². The minimum atomic E-state index is 0.123. The highest BCUT2D eigenvalue weighted by Crippen LogP contribution is 2.15. The van der Waals surface area contributed by atoms with E-state index >= 15 is 0 Å². The fraction of sp³-hybridized carbons (Fsp3) is 0.583. The van der Waals surface area contributed by atoms with Crippen molar-refractivity contribution in [3.8, 4) is 0 Å². The Labute approximate surface area is 112 Å². The van der Waals surface area contributed by atoms with Gasteiger partial charge in [0, 0.05) is 38.4 Å². The van der Waals surface area contributed by atoms with E-state index in [4.69, 9.17) is 5.84 Å². The molecule has 0 aliphatic heterocycles. The lowest BCUT2D eigenvalue weighted by Crippen LogP contribution is -2.38. The summed E-state index contributed by atoms with van der Waals surface area (Å²) >= 11 is 0. The molecule has 2 rings (SSSR count). The molecule has 1 atom stereocenters. The van der Waals surface area contributed by atoms with Crippen LogP contribution in [-0.2, 0) is 26.9 Å². The van der Waals surface area contributed by atoms with Crippen LogP contribution >= 0.6 is 0 Å². The Morgan fingerprint density at radius 1 is 1.32 bits per heavy atom. The fourth-order valence-electron chi connectivity index (χ4n) is 2.29. The van der Waals surface area contributed by atoms with E-state index in [9.17, 15) is 0 Å². The number of nitrogens with one attached hydrogen (secondary N) is 1. The molecule has 0 fully saturated rings. The van der Waals surface area contributed by atoms with E-state index in [-0.39, 0.29) is 6.04 Å². The second-order valence-corrected chi connectivity index (χ2v) is 4.93. The minimum absolute atomic E-state index is 0.123. The van der Waals surface area contributed by atoms with E-state index in [1.165, 1.54) is 11.3 Å². The van der Waals surface area contributed by atoms with Crippen molar-refractivity contribution in [3.63, 3.8) is 0 Å². The monoisotopic (exact) mass is 263 g/mol. The number of nitrogens with zero attached hydrogens (tertiary/aromatic N) is 5. The van der Waals surface area contributed by atoms with Gasteiger partial charge in [-0.1, -0.05) is 5.21 Å². The first-order valence-electron chi connectivity index (χ1n) is 6.31. The Morgan fingerprint density at radius 2 is 2.05 bits per heavy atom. The lowest BCUT2D eigenvalue weighted by Gasteiger charge is -2.14. The maximum absolute atomic E-state index is 5.65. The minimum Gasteiger partial charge on any atom is -0.272 e. The van der Waals surface area contributed by atoms with Gasteiger partial charge in [0.05, 0.1) is 11.4 Å². The largest absolute Gasteiger partial charge is 0.272 e. The van der Waals surface area contributed by atoms with Gasteiger partial charge < -0.3 is 0 Å². The zero-order valence-corrected chi connectivity index (χ0v) is 11.9. The second-order valence-electron chi connectivity index (χ2n) is 4.93. The van der Waals surface area contributed by atoms with Crippen LogP contribution in [0, 0.1) is 13.8 Å². The molecule has 0 amide bonds. The second kappa shape index (κ2) is 5.50. The summed E-state index contributed by atoms with van der Waals surface area (Å²) in [4.78, 5) is 0. The van der Waals surface area contributed by atoms with Crippen LogP contribution in [0.4, 0.5) is 0 Å². The third kappa shape index (κ3) is 2.99. The topological polar surface area (TPSA) is 86.6 Å². The quantitative estimate of drug-likeness (QED) is 0.575. The number of hydrogen-bond donors (Lipinski definition) is 2. The van der Waals surface area contributed by atoms with E-state index in [1.54, 1.807) is 4.68 Å². The molecule has 0 saturated heterocycles. The Hall–Kier alpha value is -1.73.